The molecule has 0 radical (unpaired) electrons. The van der Waals surface area contributed by atoms with E-state index in [1.165, 1.54) is 12.1 Å². The van der Waals surface area contributed by atoms with Crippen LogP contribution in [0.3, 0.4) is 0 Å². The Labute approximate surface area is 98.9 Å². The third-order valence-corrected chi connectivity index (χ3v) is 2.12. The zero-order chi connectivity index (χ0) is 12.7. The fourth-order valence-electron chi connectivity index (χ4n) is 1.20. The second kappa shape index (κ2) is 6.80. The molecule has 1 aromatic carbocycles. The molecule has 0 aliphatic carbocycles. The number of nitrogens with zero attached hydrogens (tertiary/aromatic N) is 1. The van der Waals surface area contributed by atoms with Crippen molar-refractivity contribution in [3.63, 3.8) is 0 Å². The van der Waals surface area contributed by atoms with Crippen LogP contribution in [0.25, 0.3) is 0 Å². The predicted molar refractivity (Wildman–Crippen MR) is 64.5 cm³/mol. The fourth-order valence-corrected chi connectivity index (χ4v) is 1.20. The van der Waals surface area contributed by atoms with E-state index in [0.29, 0.717) is 6.54 Å². The lowest BCUT2D eigenvalue weighted by atomic mass is 10.3. The number of halogens is 2. The molecule has 0 amide bonds. The van der Waals surface area contributed by atoms with Crippen LogP contribution < -0.4 is 16.6 Å². The molecule has 0 aromatic heterocycles. The minimum Gasteiger partial charge on any atom is -0.323 e. The quantitative estimate of drug-likeness (QED) is 0.249. The van der Waals surface area contributed by atoms with Crippen molar-refractivity contribution in [1.29, 1.82) is 0 Å². The first kappa shape index (κ1) is 13.4. The van der Waals surface area contributed by atoms with E-state index < -0.39 is 11.6 Å². The lowest BCUT2D eigenvalue weighted by molar-refractivity contribution is 0.512. The van der Waals surface area contributed by atoms with E-state index in [2.05, 4.69) is 15.7 Å². The molecule has 0 aliphatic heterocycles. The van der Waals surface area contributed by atoms with Crippen LogP contribution >= 0.6 is 0 Å². The zero-order valence-electron chi connectivity index (χ0n) is 9.63. The van der Waals surface area contributed by atoms with Crippen molar-refractivity contribution < 1.29 is 8.78 Å². The van der Waals surface area contributed by atoms with Crippen molar-refractivity contribution >= 4 is 11.6 Å². The highest BCUT2D eigenvalue weighted by molar-refractivity contribution is 5.93. The normalized spacial score (nSPS) is 11.4. The Morgan fingerprint density at radius 2 is 2.18 bits per heavy atom. The third-order valence-electron chi connectivity index (χ3n) is 2.12. The van der Waals surface area contributed by atoms with E-state index in [1.54, 1.807) is 0 Å². The van der Waals surface area contributed by atoms with Gasteiger partial charge >= 0.3 is 0 Å². The average molecular weight is 242 g/mol. The Balaban J connectivity index is 2.73. The van der Waals surface area contributed by atoms with Crippen LogP contribution in [0.15, 0.2) is 23.2 Å². The Hall–Kier alpha value is -1.69. The maximum Gasteiger partial charge on any atom is 0.210 e. The van der Waals surface area contributed by atoms with Gasteiger partial charge in [0, 0.05) is 6.54 Å². The van der Waals surface area contributed by atoms with Gasteiger partial charge in [-0.15, -0.1) is 0 Å². The molecule has 0 saturated heterocycles. The molecule has 17 heavy (non-hydrogen) atoms. The monoisotopic (exact) mass is 242 g/mol. The molecular formula is C11H16F2N4. The second-order valence-corrected chi connectivity index (χ2v) is 3.45. The van der Waals surface area contributed by atoms with E-state index in [1.807, 2.05) is 6.92 Å². The molecule has 0 heterocycles. The number of anilines is 1. The van der Waals surface area contributed by atoms with Crippen molar-refractivity contribution in [2.45, 2.75) is 19.8 Å². The van der Waals surface area contributed by atoms with Gasteiger partial charge in [0.2, 0.25) is 5.96 Å². The molecule has 0 aliphatic rings. The van der Waals surface area contributed by atoms with Gasteiger partial charge in [-0.3, -0.25) is 10.4 Å². The Bertz CT molecular complexity index is 393. The zero-order valence-corrected chi connectivity index (χ0v) is 9.63. The topological polar surface area (TPSA) is 62.4 Å². The van der Waals surface area contributed by atoms with Crippen molar-refractivity contribution in [1.82, 2.24) is 5.43 Å². The van der Waals surface area contributed by atoms with Gasteiger partial charge in [0.15, 0.2) is 11.6 Å². The van der Waals surface area contributed by atoms with Crippen LogP contribution in [0.1, 0.15) is 19.8 Å². The third kappa shape index (κ3) is 3.99. The van der Waals surface area contributed by atoms with E-state index in [4.69, 9.17) is 5.84 Å². The number of hydrogen-bond donors (Lipinski definition) is 3. The molecule has 1 aromatic rings. The Morgan fingerprint density at radius 1 is 1.41 bits per heavy atom. The van der Waals surface area contributed by atoms with Gasteiger partial charge in [-0.2, -0.15) is 0 Å². The highest BCUT2D eigenvalue weighted by Gasteiger charge is 2.08. The van der Waals surface area contributed by atoms with Gasteiger partial charge in [-0.25, -0.2) is 14.6 Å². The minimum atomic E-state index is -0.953. The van der Waals surface area contributed by atoms with Gasteiger partial charge in [0.05, 0.1) is 5.69 Å². The second-order valence-electron chi connectivity index (χ2n) is 3.45. The SMILES string of the molecule is CCCCN=C(NN)Nc1cccc(F)c1F. The van der Waals surface area contributed by atoms with Gasteiger partial charge in [0.25, 0.3) is 0 Å². The number of benzene rings is 1. The summed E-state index contributed by atoms with van der Waals surface area (Å²) in [5.74, 6) is 3.57. The minimum absolute atomic E-state index is 0.00167. The molecule has 0 atom stereocenters. The van der Waals surface area contributed by atoms with E-state index in [0.717, 1.165) is 18.9 Å². The van der Waals surface area contributed by atoms with Crippen LogP contribution in [0.4, 0.5) is 14.5 Å². The molecule has 0 unspecified atom stereocenters. The van der Waals surface area contributed by atoms with Crippen molar-refractivity contribution in [2.75, 3.05) is 11.9 Å². The van der Waals surface area contributed by atoms with E-state index >= 15 is 0 Å². The summed E-state index contributed by atoms with van der Waals surface area (Å²) in [5.41, 5.74) is 2.30. The molecule has 0 saturated carbocycles. The highest BCUT2D eigenvalue weighted by Crippen LogP contribution is 2.16. The van der Waals surface area contributed by atoms with Crippen LogP contribution in [0.2, 0.25) is 0 Å². The van der Waals surface area contributed by atoms with Gasteiger partial charge in [-0.1, -0.05) is 19.4 Å². The average Bonchev–Trinajstić information content (AvgIpc) is 2.33. The maximum absolute atomic E-state index is 13.3. The summed E-state index contributed by atoms with van der Waals surface area (Å²) < 4.78 is 26.3. The largest absolute Gasteiger partial charge is 0.323 e. The summed E-state index contributed by atoms with van der Waals surface area (Å²) in [5, 5.41) is 2.60. The number of hydrogen-bond acceptors (Lipinski definition) is 2. The van der Waals surface area contributed by atoms with Crippen LogP contribution in [-0.4, -0.2) is 12.5 Å². The molecule has 4 nitrogen and oxygen atoms in total. The van der Waals surface area contributed by atoms with E-state index in [9.17, 15) is 8.78 Å². The summed E-state index contributed by atoms with van der Waals surface area (Å²) in [6.45, 7) is 2.60. The molecule has 0 fully saturated rings. The van der Waals surface area contributed by atoms with E-state index in [-0.39, 0.29) is 11.6 Å². The summed E-state index contributed by atoms with van der Waals surface area (Å²) in [4.78, 5) is 4.08. The summed E-state index contributed by atoms with van der Waals surface area (Å²) in [6, 6.07) is 3.86. The summed E-state index contributed by atoms with van der Waals surface area (Å²) in [7, 11) is 0. The van der Waals surface area contributed by atoms with Crippen LogP contribution in [0.5, 0.6) is 0 Å². The number of aliphatic imine (C=N–C) groups is 1. The smallest absolute Gasteiger partial charge is 0.210 e. The first-order chi connectivity index (χ1) is 8.19. The fraction of sp³-hybridized carbons (Fsp3) is 0.364. The number of unbranched alkanes of at least 4 members (excludes halogenated alkanes) is 1. The molecule has 6 heteroatoms. The molecule has 4 N–H and O–H groups in total. The number of hydrazine groups is 1. The van der Waals surface area contributed by atoms with Crippen molar-refractivity contribution in [3.05, 3.63) is 29.8 Å². The summed E-state index contributed by atoms with van der Waals surface area (Å²) in [6.07, 6.45) is 1.90. The summed E-state index contributed by atoms with van der Waals surface area (Å²) >= 11 is 0. The first-order valence-electron chi connectivity index (χ1n) is 5.41. The van der Waals surface area contributed by atoms with Crippen molar-refractivity contribution in [2.24, 2.45) is 10.8 Å². The molecule has 0 bridgehead atoms. The lowest BCUT2D eigenvalue weighted by Gasteiger charge is -2.10. The highest BCUT2D eigenvalue weighted by atomic mass is 19.2. The molecule has 94 valence electrons. The Morgan fingerprint density at radius 3 is 2.82 bits per heavy atom. The number of nitrogens with two attached hydrogens (primary N) is 1. The Kier molecular flexibility index (Phi) is 5.35. The first-order valence-corrected chi connectivity index (χ1v) is 5.41. The lowest BCUT2D eigenvalue weighted by Crippen LogP contribution is -2.36. The van der Waals surface area contributed by atoms with Crippen LogP contribution in [-0.2, 0) is 0 Å². The standard InChI is InChI=1S/C11H16F2N4/c1-2-3-7-15-11(17-14)16-9-6-4-5-8(12)10(9)13/h4-6H,2-3,7,14H2,1H3,(H2,15,16,17). The predicted octanol–water partition coefficient (Wildman–Crippen LogP) is 2.00. The molecule has 1 rings (SSSR count). The van der Waals surface area contributed by atoms with Crippen molar-refractivity contribution in [3.8, 4) is 0 Å². The van der Waals surface area contributed by atoms with Gasteiger partial charge in [-0.05, 0) is 18.6 Å². The maximum atomic E-state index is 13.3. The van der Waals surface area contributed by atoms with Gasteiger partial charge in [0.1, 0.15) is 0 Å². The number of nitrogens with one attached hydrogen (secondary N) is 2. The number of guanidine groups is 1. The molecule has 0 spiro atoms. The number of rotatable bonds is 4. The van der Waals surface area contributed by atoms with Gasteiger partial charge < -0.3 is 5.32 Å². The molecular weight excluding hydrogens is 226 g/mol. The van der Waals surface area contributed by atoms with Crippen LogP contribution in [0, 0.1) is 11.6 Å².